The zero-order chi connectivity index (χ0) is 17.5. The van der Waals surface area contributed by atoms with E-state index >= 15 is 0 Å². The molecule has 0 saturated carbocycles. The molecule has 0 aliphatic carbocycles. The summed E-state index contributed by atoms with van der Waals surface area (Å²) in [5.41, 5.74) is 1.89. The van der Waals surface area contributed by atoms with Gasteiger partial charge in [-0.3, -0.25) is 4.79 Å². The van der Waals surface area contributed by atoms with Crippen molar-refractivity contribution in [2.75, 3.05) is 32.5 Å². The highest BCUT2D eigenvalue weighted by Crippen LogP contribution is 2.25. The molecule has 0 fully saturated rings. The van der Waals surface area contributed by atoms with Crippen LogP contribution in [-0.2, 0) is 0 Å². The van der Waals surface area contributed by atoms with Gasteiger partial charge < -0.3 is 15.5 Å². The molecule has 0 spiro atoms. The minimum atomic E-state index is -0.175. The van der Waals surface area contributed by atoms with E-state index in [1.165, 1.54) is 0 Å². The van der Waals surface area contributed by atoms with Crippen molar-refractivity contribution < 1.29 is 4.79 Å². The summed E-state index contributed by atoms with van der Waals surface area (Å²) >= 11 is 11.9. The van der Waals surface area contributed by atoms with Crippen LogP contribution in [0.5, 0.6) is 0 Å². The third-order valence-electron chi connectivity index (χ3n) is 3.22. The van der Waals surface area contributed by atoms with E-state index in [-0.39, 0.29) is 5.91 Å². The van der Waals surface area contributed by atoms with Crippen molar-refractivity contribution in [2.24, 2.45) is 0 Å². The van der Waals surface area contributed by atoms with Crippen molar-refractivity contribution >= 4 is 40.5 Å². The zero-order valence-corrected chi connectivity index (χ0v) is 15.2. The molecule has 128 valence electrons. The normalized spacial score (nSPS) is 10.7. The Hall–Kier alpha value is -1.82. The van der Waals surface area contributed by atoms with Crippen LogP contribution in [0.15, 0.2) is 36.5 Å². The Morgan fingerprint density at radius 2 is 1.83 bits per heavy atom. The van der Waals surface area contributed by atoms with Crippen LogP contribution in [0.4, 0.5) is 11.4 Å². The maximum Gasteiger partial charge on any atom is 0.269 e. The number of nitrogens with one attached hydrogen (secondary N) is 2. The maximum atomic E-state index is 12.0. The number of carbonyl (C=O) groups is 1. The van der Waals surface area contributed by atoms with E-state index in [1.54, 1.807) is 36.5 Å². The third-order valence-corrected chi connectivity index (χ3v) is 3.65. The highest BCUT2D eigenvalue weighted by molar-refractivity contribution is 6.35. The number of carbonyl (C=O) groups excluding carboxylic acids is 1. The second-order valence-electron chi connectivity index (χ2n) is 5.63. The lowest BCUT2D eigenvalue weighted by Gasteiger charge is -2.10. The highest BCUT2D eigenvalue weighted by Gasteiger charge is 2.07. The molecule has 0 radical (unpaired) electrons. The monoisotopic (exact) mass is 366 g/mol. The maximum absolute atomic E-state index is 12.0. The predicted molar refractivity (Wildman–Crippen MR) is 99.5 cm³/mol. The molecule has 7 heteroatoms. The van der Waals surface area contributed by atoms with E-state index in [9.17, 15) is 4.79 Å². The Balaban J connectivity index is 1.91. The lowest BCUT2D eigenvalue weighted by Crippen LogP contribution is -2.27. The number of pyridine rings is 1. The first kappa shape index (κ1) is 18.5. The van der Waals surface area contributed by atoms with E-state index in [0.717, 1.165) is 24.3 Å². The molecule has 5 nitrogen and oxygen atoms in total. The van der Waals surface area contributed by atoms with Crippen LogP contribution in [0.25, 0.3) is 0 Å². The molecule has 2 rings (SSSR count). The van der Waals surface area contributed by atoms with Crippen LogP contribution in [0.2, 0.25) is 10.0 Å². The van der Waals surface area contributed by atoms with Crippen molar-refractivity contribution in [3.05, 3.63) is 52.3 Å². The summed E-state index contributed by atoms with van der Waals surface area (Å²) in [6, 6.07) is 8.65. The average molecular weight is 367 g/mol. The van der Waals surface area contributed by atoms with Crippen molar-refractivity contribution in [1.82, 2.24) is 15.2 Å². The van der Waals surface area contributed by atoms with Gasteiger partial charge >= 0.3 is 0 Å². The Morgan fingerprint density at radius 3 is 2.42 bits per heavy atom. The van der Waals surface area contributed by atoms with Gasteiger partial charge in [0.2, 0.25) is 0 Å². The fraction of sp³-hybridized carbons (Fsp3) is 0.294. The summed E-state index contributed by atoms with van der Waals surface area (Å²) in [5.74, 6) is -0.175. The molecule has 1 heterocycles. The lowest BCUT2D eigenvalue weighted by atomic mass is 10.2. The van der Waals surface area contributed by atoms with E-state index in [1.807, 2.05) is 14.1 Å². The summed E-state index contributed by atoms with van der Waals surface area (Å²) in [5, 5.41) is 7.10. The number of nitrogens with zero attached hydrogens (tertiary/aromatic N) is 2. The number of rotatable bonds is 7. The fourth-order valence-electron chi connectivity index (χ4n) is 2.08. The number of benzene rings is 1. The molecule has 1 amide bonds. The standard InChI is InChI=1S/C17H20Cl2N4O/c1-23(2)7-3-6-20-17(24)16-5-4-14(11-21-16)22-15-9-12(18)8-13(19)10-15/h4-5,8-11,22H,3,6-7H2,1-2H3,(H,20,24). The van der Waals surface area contributed by atoms with Crippen LogP contribution in [0, 0.1) is 0 Å². The van der Waals surface area contributed by atoms with Crippen molar-refractivity contribution in [3.8, 4) is 0 Å². The third kappa shape index (κ3) is 6.00. The number of hydrogen-bond acceptors (Lipinski definition) is 4. The minimum Gasteiger partial charge on any atom is -0.354 e. The molecule has 0 saturated heterocycles. The topological polar surface area (TPSA) is 57.3 Å². The van der Waals surface area contributed by atoms with E-state index in [4.69, 9.17) is 23.2 Å². The summed E-state index contributed by atoms with van der Waals surface area (Å²) in [7, 11) is 4.00. The van der Waals surface area contributed by atoms with Crippen LogP contribution in [0.3, 0.4) is 0 Å². The van der Waals surface area contributed by atoms with Gasteiger partial charge in [-0.25, -0.2) is 4.98 Å². The molecule has 0 unspecified atom stereocenters. The molecule has 1 aromatic carbocycles. The smallest absolute Gasteiger partial charge is 0.269 e. The molecular formula is C17H20Cl2N4O. The van der Waals surface area contributed by atoms with Gasteiger partial charge in [-0.2, -0.15) is 0 Å². The van der Waals surface area contributed by atoms with Gasteiger partial charge in [0.25, 0.3) is 5.91 Å². The number of amides is 1. The Kier molecular flexibility index (Phi) is 6.85. The molecule has 0 aliphatic heterocycles. The summed E-state index contributed by atoms with van der Waals surface area (Å²) in [6.07, 6.45) is 2.50. The molecule has 1 aromatic heterocycles. The first-order valence-corrected chi connectivity index (χ1v) is 8.32. The molecule has 2 N–H and O–H groups in total. The number of halogens is 2. The van der Waals surface area contributed by atoms with Crippen LogP contribution >= 0.6 is 23.2 Å². The Labute approximate surface area is 152 Å². The summed E-state index contributed by atoms with van der Waals surface area (Å²) < 4.78 is 0. The SMILES string of the molecule is CN(C)CCCNC(=O)c1ccc(Nc2cc(Cl)cc(Cl)c2)cn1. The van der Waals surface area contributed by atoms with Gasteiger partial charge in [-0.15, -0.1) is 0 Å². The predicted octanol–water partition coefficient (Wildman–Crippen LogP) is 3.81. The van der Waals surface area contributed by atoms with Gasteiger partial charge in [0.1, 0.15) is 5.69 Å². The zero-order valence-electron chi connectivity index (χ0n) is 13.6. The number of anilines is 2. The average Bonchev–Trinajstić information content (AvgIpc) is 2.51. The number of aromatic nitrogens is 1. The van der Waals surface area contributed by atoms with Crippen LogP contribution in [0.1, 0.15) is 16.9 Å². The Morgan fingerprint density at radius 1 is 1.12 bits per heavy atom. The first-order chi connectivity index (χ1) is 11.4. The molecule has 2 aromatic rings. The quantitative estimate of drug-likeness (QED) is 0.731. The van der Waals surface area contributed by atoms with Gasteiger partial charge in [-0.1, -0.05) is 23.2 Å². The number of hydrogen-bond donors (Lipinski definition) is 2. The molecule has 0 bridgehead atoms. The minimum absolute atomic E-state index is 0.175. The highest BCUT2D eigenvalue weighted by atomic mass is 35.5. The van der Waals surface area contributed by atoms with Gasteiger partial charge in [0.15, 0.2) is 0 Å². The van der Waals surface area contributed by atoms with Gasteiger partial charge in [0.05, 0.1) is 11.9 Å². The molecule has 24 heavy (non-hydrogen) atoms. The summed E-state index contributed by atoms with van der Waals surface area (Å²) in [4.78, 5) is 18.3. The van der Waals surface area contributed by atoms with E-state index in [2.05, 4.69) is 20.5 Å². The van der Waals surface area contributed by atoms with E-state index < -0.39 is 0 Å². The van der Waals surface area contributed by atoms with E-state index in [0.29, 0.717) is 22.3 Å². The second-order valence-corrected chi connectivity index (χ2v) is 6.50. The van der Waals surface area contributed by atoms with Crippen molar-refractivity contribution in [2.45, 2.75) is 6.42 Å². The molecule has 0 atom stereocenters. The fourth-order valence-corrected chi connectivity index (χ4v) is 2.61. The first-order valence-electron chi connectivity index (χ1n) is 7.56. The van der Waals surface area contributed by atoms with Crippen molar-refractivity contribution in [3.63, 3.8) is 0 Å². The second kappa shape index (κ2) is 8.87. The van der Waals surface area contributed by atoms with Gasteiger partial charge in [0, 0.05) is 22.3 Å². The van der Waals surface area contributed by atoms with Crippen molar-refractivity contribution in [1.29, 1.82) is 0 Å². The lowest BCUT2D eigenvalue weighted by molar-refractivity contribution is 0.0947. The Bertz CT molecular complexity index is 669. The summed E-state index contributed by atoms with van der Waals surface area (Å²) in [6.45, 7) is 1.55. The van der Waals surface area contributed by atoms with Crippen LogP contribution < -0.4 is 10.6 Å². The largest absolute Gasteiger partial charge is 0.354 e. The molecule has 0 aliphatic rings. The molecular weight excluding hydrogens is 347 g/mol. The van der Waals surface area contributed by atoms with Gasteiger partial charge in [-0.05, 0) is 57.4 Å². The van der Waals surface area contributed by atoms with Crippen LogP contribution in [-0.4, -0.2) is 43.0 Å².